The zero-order valence-electron chi connectivity index (χ0n) is 9.58. The molecule has 1 aliphatic rings. The van der Waals surface area contributed by atoms with Crippen LogP contribution in [0, 0.1) is 11.8 Å². The first kappa shape index (κ1) is 11.5. The van der Waals surface area contributed by atoms with Gasteiger partial charge in [-0.15, -0.1) is 0 Å². The molecule has 1 saturated heterocycles. The molecule has 0 aromatic rings. The van der Waals surface area contributed by atoms with Crippen molar-refractivity contribution in [2.75, 3.05) is 0 Å². The Kier molecular flexibility index (Phi) is 4.43. The summed E-state index contributed by atoms with van der Waals surface area (Å²) < 4.78 is 5.49. The van der Waals surface area contributed by atoms with E-state index in [0.717, 1.165) is 32.1 Å². The molecule has 0 spiro atoms. The van der Waals surface area contributed by atoms with Crippen LogP contribution in [0.15, 0.2) is 0 Å². The summed E-state index contributed by atoms with van der Waals surface area (Å²) in [6.07, 6.45) is 5.33. The highest BCUT2D eigenvalue weighted by molar-refractivity contribution is 5.72. The van der Waals surface area contributed by atoms with Gasteiger partial charge in [0.15, 0.2) is 0 Å². The number of hydrogen-bond donors (Lipinski definition) is 0. The Morgan fingerprint density at radius 3 is 2.71 bits per heavy atom. The van der Waals surface area contributed by atoms with E-state index in [1.165, 1.54) is 0 Å². The van der Waals surface area contributed by atoms with Crippen molar-refractivity contribution < 1.29 is 9.53 Å². The number of rotatable bonds is 3. The maximum Gasteiger partial charge on any atom is 0.309 e. The molecule has 2 unspecified atom stereocenters. The second-order valence-corrected chi connectivity index (χ2v) is 4.72. The molecule has 1 heterocycles. The summed E-state index contributed by atoms with van der Waals surface area (Å²) in [6, 6.07) is 0. The molecule has 0 N–H and O–H groups in total. The van der Waals surface area contributed by atoms with Gasteiger partial charge in [0.2, 0.25) is 0 Å². The number of hydrogen-bond acceptors (Lipinski definition) is 2. The van der Waals surface area contributed by atoms with E-state index in [9.17, 15) is 4.79 Å². The lowest BCUT2D eigenvalue weighted by Gasteiger charge is -2.17. The lowest BCUT2D eigenvalue weighted by atomic mass is 9.98. The minimum absolute atomic E-state index is 0.0376. The van der Waals surface area contributed by atoms with E-state index >= 15 is 0 Å². The van der Waals surface area contributed by atoms with Gasteiger partial charge in [-0.1, -0.05) is 20.8 Å². The molecule has 0 radical (unpaired) electrons. The van der Waals surface area contributed by atoms with E-state index in [-0.39, 0.29) is 18.0 Å². The number of ether oxygens (including phenoxy) is 1. The second kappa shape index (κ2) is 5.38. The van der Waals surface area contributed by atoms with Crippen molar-refractivity contribution in [3.8, 4) is 0 Å². The Hall–Kier alpha value is -0.530. The van der Waals surface area contributed by atoms with Crippen molar-refractivity contribution >= 4 is 5.97 Å². The monoisotopic (exact) mass is 198 g/mol. The average molecular weight is 198 g/mol. The summed E-state index contributed by atoms with van der Waals surface area (Å²) in [4.78, 5) is 11.6. The fraction of sp³-hybridized carbons (Fsp3) is 0.917. The molecule has 2 nitrogen and oxygen atoms in total. The zero-order valence-corrected chi connectivity index (χ0v) is 9.58. The Morgan fingerprint density at radius 2 is 2.14 bits per heavy atom. The van der Waals surface area contributed by atoms with Crippen LogP contribution < -0.4 is 0 Å². The number of carbonyl (C=O) groups is 1. The zero-order chi connectivity index (χ0) is 10.6. The summed E-state index contributed by atoms with van der Waals surface area (Å²) in [7, 11) is 0. The minimum atomic E-state index is 0.0376. The molecule has 82 valence electrons. The van der Waals surface area contributed by atoms with E-state index in [1.807, 2.05) is 0 Å². The van der Waals surface area contributed by atoms with E-state index in [4.69, 9.17) is 4.74 Å². The highest BCUT2D eigenvalue weighted by atomic mass is 16.5. The quantitative estimate of drug-likeness (QED) is 0.651. The van der Waals surface area contributed by atoms with Gasteiger partial charge in [-0.2, -0.15) is 0 Å². The fourth-order valence-corrected chi connectivity index (χ4v) is 2.09. The normalized spacial score (nSPS) is 28.7. The molecule has 0 amide bonds. The lowest BCUT2D eigenvalue weighted by molar-refractivity contribution is -0.153. The van der Waals surface area contributed by atoms with Gasteiger partial charge in [-0.25, -0.2) is 0 Å². The van der Waals surface area contributed by atoms with Crippen molar-refractivity contribution in [3.63, 3.8) is 0 Å². The van der Waals surface area contributed by atoms with Gasteiger partial charge in [0.05, 0.1) is 5.92 Å². The van der Waals surface area contributed by atoms with Crippen LogP contribution in [0.1, 0.15) is 52.9 Å². The third kappa shape index (κ3) is 3.32. The molecule has 2 atom stereocenters. The first-order chi connectivity index (χ1) is 6.63. The van der Waals surface area contributed by atoms with Gasteiger partial charge in [0.1, 0.15) is 6.10 Å². The van der Waals surface area contributed by atoms with Crippen LogP contribution in [0.25, 0.3) is 0 Å². The number of carbonyl (C=O) groups excluding carboxylic acids is 1. The van der Waals surface area contributed by atoms with Gasteiger partial charge < -0.3 is 4.74 Å². The van der Waals surface area contributed by atoms with Crippen molar-refractivity contribution in [1.82, 2.24) is 0 Å². The topological polar surface area (TPSA) is 26.3 Å². The molecule has 1 aliphatic heterocycles. The van der Waals surface area contributed by atoms with Crippen LogP contribution >= 0.6 is 0 Å². The Morgan fingerprint density at radius 1 is 1.43 bits per heavy atom. The smallest absolute Gasteiger partial charge is 0.309 e. The van der Waals surface area contributed by atoms with Crippen molar-refractivity contribution in [3.05, 3.63) is 0 Å². The number of cyclic esters (lactones) is 1. The Balaban J connectivity index is 2.47. The largest absolute Gasteiger partial charge is 0.462 e. The summed E-state index contributed by atoms with van der Waals surface area (Å²) >= 11 is 0. The predicted molar refractivity (Wildman–Crippen MR) is 57.0 cm³/mol. The van der Waals surface area contributed by atoms with E-state index in [2.05, 4.69) is 20.8 Å². The van der Waals surface area contributed by atoms with E-state index < -0.39 is 0 Å². The van der Waals surface area contributed by atoms with Crippen molar-refractivity contribution in [2.45, 2.75) is 59.0 Å². The van der Waals surface area contributed by atoms with E-state index in [1.54, 1.807) is 0 Å². The molecule has 0 aliphatic carbocycles. The average Bonchev–Trinajstić information content (AvgIpc) is 2.25. The molecule has 0 saturated carbocycles. The summed E-state index contributed by atoms with van der Waals surface area (Å²) in [5.74, 6) is 0.814. The lowest BCUT2D eigenvalue weighted by Crippen LogP contribution is -2.21. The minimum Gasteiger partial charge on any atom is -0.462 e. The third-order valence-electron chi connectivity index (χ3n) is 2.92. The second-order valence-electron chi connectivity index (χ2n) is 4.72. The molecule has 0 aromatic heterocycles. The first-order valence-corrected chi connectivity index (χ1v) is 5.84. The molecule has 1 rings (SSSR count). The number of esters is 1. The molecular weight excluding hydrogens is 176 g/mol. The highest BCUT2D eigenvalue weighted by Crippen LogP contribution is 2.24. The predicted octanol–water partition coefficient (Wildman–Crippen LogP) is 3.15. The van der Waals surface area contributed by atoms with Crippen LogP contribution in [0.2, 0.25) is 0 Å². The van der Waals surface area contributed by atoms with Gasteiger partial charge in [0.25, 0.3) is 0 Å². The van der Waals surface area contributed by atoms with Gasteiger partial charge >= 0.3 is 5.97 Å². The summed E-state index contributed by atoms with van der Waals surface area (Å²) in [5, 5.41) is 0. The van der Waals surface area contributed by atoms with Crippen LogP contribution in [0.4, 0.5) is 0 Å². The van der Waals surface area contributed by atoms with Crippen LogP contribution in [-0.4, -0.2) is 12.1 Å². The van der Waals surface area contributed by atoms with E-state index in [0.29, 0.717) is 5.92 Å². The third-order valence-corrected chi connectivity index (χ3v) is 2.92. The van der Waals surface area contributed by atoms with Gasteiger partial charge in [-0.3, -0.25) is 4.79 Å². The van der Waals surface area contributed by atoms with Gasteiger partial charge in [0, 0.05) is 0 Å². The van der Waals surface area contributed by atoms with Crippen molar-refractivity contribution in [1.29, 1.82) is 0 Å². The van der Waals surface area contributed by atoms with Crippen LogP contribution in [-0.2, 0) is 9.53 Å². The maximum atomic E-state index is 11.6. The van der Waals surface area contributed by atoms with Crippen LogP contribution in [0.3, 0.4) is 0 Å². The standard InChI is InChI=1S/C12H22O2/c1-4-10-6-5-7-11(8-9(2)3)14-12(10)13/h9-11H,4-8H2,1-3H3. The maximum absolute atomic E-state index is 11.6. The molecular formula is C12H22O2. The molecule has 1 fully saturated rings. The molecule has 2 heteroatoms. The Labute approximate surface area is 87.0 Å². The first-order valence-electron chi connectivity index (χ1n) is 5.84. The summed E-state index contributed by atoms with van der Waals surface area (Å²) in [6.45, 7) is 6.42. The molecule has 14 heavy (non-hydrogen) atoms. The SMILES string of the molecule is CCC1CCCC(CC(C)C)OC1=O. The fourth-order valence-electron chi connectivity index (χ4n) is 2.09. The molecule has 0 aromatic carbocycles. The van der Waals surface area contributed by atoms with Crippen molar-refractivity contribution in [2.24, 2.45) is 11.8 Å². The summed E-state index contributed by atoms with van der Waals surface area (Å²) in [5.41, 5.74) is 0. The van der Waals surface area contributed by atoms with Crippen LogP contribution in [0.5, 0.6) is 0 Å². The highest BCUT2D eigenvalue weighted by Gasteiger charge is 2.26. The molecule has 0 bridgehead atoms. The van der Waals surface area contributed by atoms with Gasteiger partial charge in [-0.05, 0) is 38.0 Å². The Bertz CT molecular complexity index is 187.